The Morgan fingerprint density at radius 1 is 1.45 bits per heavy atom. The first-order chi connectivity index (χ1) is 5.33. The van der Waals surface area contributed by atoms with E-state index < -0.39 is 0 Å². The van der Waals surface area contributed by atoms with Crippen molar-refractivity contribution in [1.82, 2.24) is 10.2 Å². The average molecular weight is 156 g/mol. The van der Waals surface area contributed by atoms with Gasteiger partial charge in [-0.15, -0.1) is 0 Å². The summed E-state index contributed by atoms with van der Waals surface area (Å²) >= 11 is 0. The van der Waals surface area contributed by atoms with Gasteiger partial charge in [0.15, 0.2) is 0 Å². The summed E-state index contributed by atoms with van der Waals surface area (Å²) in [6, 6.07) is 0.758. The molecule has 1 rings (SSSR count). The highest BCUT2D eigenvalue weighted by atomic mass is 15.1. The van der Waals surface area contributed by atoms with E-state index in [9.17, 15) is 0 Å². The number of nitrogens with one attached hydrogen (secondary N) is 1. The molecule has 1 heterocycles. The van der Waals surface area contributed by atoms with Crippen molar-refractivity contribution in [3.63, 3.8) is 0 Å². The van der Waals surface area contributed by atoms with Gasteiger partial charge >= 0.3 is 0 Å². The minimum atomic E-state index is 0.758. The molecule has 1 aliphatic rings. The first-order valence-corrected chi connectivity index (χ1v) is 4.75. The molecule has 2 heteroatoms. The first kappa shape index (κ1) is 9.01. The first-order valence-electron chi connectivity index (χ1n) is 4.75. The third-order valence-corrected chi connectivity index (χ3v) is 2.48. The Balaban J connectivity index is 2.13. The van der Waals surface area contributed by atoms with E-state index in [1.165, 1.54) is 32.4 Å². The van der Waals surface area contributed by atoms with E-state index in [0.29, 0.717) is 0 Å². The molecule has 1 N–H and O–H groups in total. The van der Waals surface area contributed by atoms with Gasteiger partial charge in [-0.25, -0.2) is 0 Å². The van der Waals surface area contributed by atoms with Gasteiger partial charge in [-0.2, -0.15) is 0 Å². The number of hydrogen-bond acceptors (Lipinski definition) is 2. The molecule has 0 spiro atoms. The van der Waals surface area contributed by atoms with Gasteiger partial charge in [-0.05, 0) is 33.0 Å². The molecule has 0 aromatic carbocycles. The fraction of sp³-hybridized carbons (Fsp3) is 1.00. The molecule has 0 aromatic rings. The maximum absolute atomic E-state index is 3.54. The number of piperidine rings is 1. The molecule has 2 nitrogen and oxygen atoms in total. The fourth-order valence-corrected chi connectivity index (χ4v) is 1.59. The van der Waals surface area contributed by atoms with E-state index in [4.69, 9.17) is 0 Å². The second kappa shape index (κ2) is 4.73. The van der Waals surface area contributed by atoms with Gasteiger partial charge in [0.1, 0.15) is 0 Å². The Bertz CT molecular complexity index is 97.7. The monoisotopic (exact) mass is 156 g/mol. The Morgan fingerprint density at radius 2 is 2.27 bits per heavy atom. The molecule has 0 unspecified atom stereocenters. The van der Waals surface area contributed by atoms with Crippen LogP contribution in [0.2, 0.25) is 0 Å². The van der Waals surface area contributed by atoms with E-state index in [1.54, 1.807) is 0 Å². The summed E-state index contributed by atoms with van der Waals surface area (Å²) < 4.78 is 0. The summed E-state index contributed by atoms with van der Waals surface area (Å²) in [6.07, 6.45) is 4.14. The molecular weight excluding hydrogens is 136 g/mol. The smallest absolute Gasteiger partial charge is 0.0194 e. The molecule has 0 amide bonds. The number of likely N-dealkylation sites (N-methyl/N-ethyl adjacent to an activating group) is 1. The molecular formula is C9H20N2. The molecule has 0 bridgehead atoms. The summed E-state index contributed by atoms with van der Waals surface area (Å²) in [5, 5.41) is 3.54. The van der Waals surface area contributed by atoms with Crippen molar-refractivity contribution in [2.45, 2.75) is 32.2 Å². The Labute approximate surface area is 70.0 Å². The van der Waals surface area contributed by atoms with Gasteiger partial charge < -0.3 is 10.2 Å². The van der Waals surface area contributed by atoms with Crippen LogP contribution in [0.1, 0.15) is 26.2 Å². The molecule has 1 saturated heterocycles. The maximum atomic E-state index is 3.54. The van der Waals surface area contributed by atoms with Crippen LogP contribution < -0.4 is 5.32 Å². The Hall–Kier alpha value is -0.0800. The molecule has 0 aromatic heterocycles. The zero-order valence-electron chi connectivity index (χ0n) is 7.77. The summed E-state index contributed by atoms with van der Waals surface area (Å²) in [5.74, 6) is 0. The van der Waals surface area contributed by atoms with Crippen LogP contribution in [0.25, 0.3) is 0 Å². The van der Waals surface area contributed by atoms with Crippen molar-refractivity contribution in [2.24, 2.45) is 0 Å². The van der Waals surface area contributed by atoms with E-state index in [-0.39, 0.29) is 0 Å². The molecule has 0 radical (unpaired) electrons. The average Bonchev–Trinajstić information content (AvgIpc) is 2.06. The predicted molar refractivity (Wildman–Crippen MR) is 48.8 cm³/mol. The number of nitrogens with zero attached hydrogens (tertiary/aromatic N) is 1. The topological polar surface area (TPSA) is 15.3 Å². The molecule has 66 valence electrons. The van der Waals surface area contributed by atoms with Crippen molar-refractivity contribution < 1.29 is 0 Å². The van der Waals surface area contributed by atoms with Crippen LogP contribution in [0.15, 0.2) is 0 Å². The van der Waals surface area contributed by atoms with E-state index >= 15 is 0 Å². The summed E-state index contributed by atoms with van der Waals surface area (Å²) in [4.78, 5) is 2.38. The quantitative estimate of drug-likeness (QED) is 0.658. The molecule has 0 saturated carbocycles. The molecule has 0 aliphatic carbocycles. The molecule has 1 fully saturated rings. The lowest BCUT2D eigenvalue weighted by atomic mass is 10.0. The summed E-state index contributed by atoms with van der Waals surface area (Å²) in [6.45, 7) is 5.82. The van der Waals surface area contributed by atoms with Gasteiger partial charge in [0, 0.05) is 12.6 Å². The van der Waals surface area contributed by atoms with E-state index in [1.807, 2.05) is 0 Å². The highest BCUT2D eigenvalue weighted by Crippen LogP contribution is 2.07. The van der Waals surface area contributed by atoms with Gasteiger partial charge in [0.25, 0.3) is 0 Å². The van der Waals surface area contributed by atoms with Crippen molar-refractivity contribution >= 4 is 0 Å². The Morgan fingerprint density at radius 3 is 2.82 bits per heavy atom. The maximum Gasteiger partial charge on any atom is 0.0194 e. The lowest BCUT2D eigenvalue weighted by Crippen LogP contribution is -2.42. The van der Waals surface area contributed by atoms with Crippen molar-refractivity contribution in [3.8, 4) is 0 Å². The van der Waals surface area contributed by atoms with Gasteiger partial charge in [-0.1, -0.05) is 13.3 Å². The third-order valence-electron chi connectivity index (χ3n) is 2.48. The minimum Gasteiger partial charge on any atom is -0.313 e. The summed E-state index contributed by atoms with van der Waals surface area (Å²) in [7, 11) is 2.19. The zero-order valence-corrected chi connectivity index (χ0v) is 7.77. The molecule has 11 heavy (non-hydrogen) atoms. The van der Waals surface area contributed by atoms with E-state index in [2.05, 4.69) is 24.2 Å². The van der Waals surface area contributed by atoms with Crippen LogP contribution in [0.5, 0.6) is 0 Å². The fourth-order valence-electron chi connectivity index (χ4n) is 1.59. The second-order valence-electron chi connectivity index (χ2n) is 3.50. The summed E-state index contributed by atoms with van der Waals surface area (Å²) in [5.41, 5.74) is 0. The van der Waals surface area contributed by atoms with Crippen LogP contribution in [-0.4, -0.2) is 37.6 Å². The highest BCUT2D eigenvalue weighted by Gasteiger charge is 2.12. The van der Waals surface area contributed by atoms with Crippen LogP contribution in [-0.2, 0) is 0 Å². The lowest BCUT2D eigenvalue weighted by molar-refractivity contribution is 0.272. The Kier molecular flexibility index (Phi) is 3.87. The van der Waals surface area contributed by atoms with Crippen LogP contribution in [0.4, 0.5) is 0 Å². The van der Waals surface area contributed by atoms with Crippen LogP contribution in [0.3, 0.4) is 0 Å². The van der Waals surface area contributed by atoms with Gasteiger partial charge in [-0.3, -0.25) is 0 Å². The van der Waals surface area contributed by atoms with Crippen LogP contribution in [0, 0.1) is 0 Å². The van der Waals surface area contributed by atoms with Gasteiger partial charge in [0.2, 0.25) is 0 Å². The van der Waals surface area contributed by atoms with Gasteiger partial charge in [0.05, 0.1) is 0 Å². The lowest BCUT2D eigenvalue weighted by Gasteiger charge is -2.27. The second-order valence-corrected chi connectivity index (χ2v) is 3.50. The standard InChI is InChI=1S/C9H20N2/c1-3-11(2)8-9-6-4-5-7-10-9/h9-10H,3-8H2,1-2H3/t9-/m1/s1. The van der Waals surface area contributed by atoms with Crippen molar-refractivity contribution in [3.05, 3.63) is 0 Å². The largest absolute Gasteiger partial charge is 0.313 e. The SMILES string of the molecule is CCN(C)C[C@H]1CCCCN1. The minimum absolute atomic E-state index is 0.758. The van der Waals surface area contributed by atoms with Crippen molar-refractivity contribution in [1.29, 1.82) is 0 Å². The van der Waals surface area contributed by atoms with Crippen LogP contribution >= 0.6 is 0 Å². The third kappa shape index (κ3) is 3.21. The van der Waals surface area contributed by atoms with E-state index in [0.717, 1.165) is 12.6 Å². The molecule has 1 atom stereocenters. The normalized spacial score (nSPS) is 25.9. The highest BCUT2D eigenvalue weighted by molar-refractivity contribution is 4.74. The zero-order chi connectivity index (χ0) is 8.10. The van der Waals surface area contributed by atoms with Crippen molar-refractivity contribution in [2.75, 3.05) is 26.7 Å². The predicted octanol–water partition coefficient (Wildman–Crippen LogP) is 1.08. The molecule has 1 aliphatic heterocycles. The number of hydrogen-bond donors (Lipinski definition) is 1. The number of rotatable bonds is 3.